The van der Waals surface area contributed by atoms with E-state index in [1.165, 1.54) is 16.4 Å². The fourth-order valence-corrected chi connectivity index (χ4v) is 5.53. The van der Waals surface area contributed by atoms with Gasteiger partial charge in [0, 0.05) is 44.7 Å². The number of anilines is 1. The van der Waals surface area contributed by atoms with Crippen LogP contribution in [0.25, 0.3) is 11.0 Å². The Hall–Kier alpha value is -2.78. The minimum absolute atomic E-state index is 0.0800. The molecule has 0 saturated heterocycles. The molecule has 1 amide bonds. The quantitative estimate of drug-likeness (QED) is 0.441. The van der Waals surface area contributed by atoms with Gasteiger partial charge in [0.15, 0.2) is 0 Å². The number of nitrogens with zero attached hydrogens (tertiary/aromatic N) is 4. The van der Waals surface area contributed by atoms with E-state index in [2.05, 4.69) is 4.98 Å². The van der Waals surface area contributed by atoms with Crippen molar-refractivity contribution in [2.24, 2.45) is 0 Å². The van der Waals surface area contributed by atoms with Crippen molar-refractivity contribution in [1.29, 1.82) is 0 Å². The molecule has 0 saturated carbocycles. The molecule has 0 aliphatic rings. The molecule has 0 atom stereocenters. The number of halogens is 1. The van der Waals surface area contributed by atoms with Gasteiger partial charge in [-0.05, 0) is 56.3 Å². The number of carbonyl (C=O) groups excluding carboxylic acids is 1. The third kappa shape index (κ3) is 5.09. The number of amides is 1. The van der Waals surface area contributed by atoms with Crippen molar-refractivity contribution >= 4 is 32.7 Å². The van der Waals surface area contributed by atoms with Gasteiger partial charge in [0.2, 0.25) is 15.9 Å². The standard InChI is InChI=1S/C24H31FN4O3S/c1-5-27(6-2)33(31,32)20-13-14-22-21(17-20)26-23(29(22)8-4)15-16-24(30)28(7-3)19-11-9-18(25)10-12-19/h9-14,17H,5-8,15-16H2,1-4H3. The van der Waals surface area contributed by atoms with Gasteiger partial charge in [-0.1, -0.05) is 13.8 Å². The van der Waals surface area contributed by atoms with Crippen LogP contribution in [0, 0.1) is 5.82 Å². The maximum absolute atomic E-state index is 13.2. The number of hydrogen-bond acceptors (Lipinski definition) is 4. The van der Waals surface area contributed by atoms with Gasteiger partial charge in [-0.2, -0.15) is 4.31 Å². The molecule has 0 unspecified atom stereocenters. The summed E-state index contributed by atoms with van der Waals surface area (Å²) in [6.45, 7) is 9.41. The van der Waals surface area contributed by atoms with Crippen molar-refractivity contribution in [1.82, 2.24) is 13.9 Å². The molecule has 7 nitrogen and oxygen atoms in total. The maximum Gasteiger partial charge on any atom is 0.243 e. The van der Waals surface area contributed by atoms with Crippen LogP contribution in [0.1, 0.15) is 39.9 Å². The molecule has 3 rings (SSSR count). The Morgan fingerprint density at radius 1 is 1.00 bits per heavy atom. The van der Waals surface area contributed by atoms with Gasteiger partial charge < -0.3 is 9.47 Å². The van der Waals surface area contributed by atoms with Gasteiger partial charge in [0.25, 0.3) is 0 Å². The zero-order valence-electron chi connectivity index (χ0n) is 19.6. The monoisotopic (exact) mass is 474 g/mol. The minimum Gasteiger partial charge on any atom is -0.328 e. The number of sulfonamides is 1. The Labute approximate surface area is 194 Å². The van der Waals surface area contributed by atoms with Crippen molar-refractivity contribution in [3.63, 3.8) is 0 Å². The van der Waals surface area contributed by atoms with Gasteiger partial charge in [-0.25, -0.2) is 17.8 Å². The number of aromatic nitrogens is 2. The second kappa shape index (κ2) is 10.4. The van der Waals surface area contributed by atoms with Crippen molar-refractivity contribution in [2.75, 3.05) is 24.5 Å². The molecular weight excluding hydrogens is 443 g/mol. The number of benzene rings is 2. The van der Waals surface area contributed by atoms with Crippen LogP contribution in [-0.4, -0.2) is 47.8 Å². The fraction of sp³-hybridized carbons (Fsp3) is 0.417. The maximum atomic E-state index is 13.2. The lowest BCUT2D eigenvalue weighted by molar-refractivity contribution is -0.118. The number of carbonyl (C=O) groups is 1. The third-order valence-corrected chi connectivity index (χ3v) is 7.82. The first-order valence-corrected chi connectivity index (χ1v) is 12.8. The van der Waals surface area contributed by atoms with Crippen molar-refractivity contribution in [3.8, 4) is 0 Å². The summed E-state index contributed by atoms with van der Waals surface area (Å²) < 4.78 is 42.5. The van der Waals surface area contributed by atoms with Crippen LogP contribution in [0.5, 0.6) is 0 Å². The fourth-order valence-electron chi connectivity index (χ4n) is 4.05. The second-order valence-corrected chi connectivity index (χ2v) is 9.56. The van der Waals surface area contributed by atoms with Crippen molar-refractivity contribution < 1.29 is 17.6 Å². The van der Waals surface area contributed by atoms with Gasteiger partial charge >= 0.3 is 0 Å². The molecule has 0 radical (unpaired) electrons. The zero-order chi connectivity index (χ0) is 24.2. The van der Waals surface area contributed by atoms with Crippen molar-refractivity contribution in [2.45, 2.75) is 52.0 Å². The number of fused-ring (bicyclic) bond motifs is 1. The number of aryl methyl sites for hydroxylation is 2. The smallest absolute Gasteiger partial charge is 0.243 e. The van der Waals surface area contributed by atoms with E-state index in [1.54, 1.807) is 35.2 Å². The van der Waals surface area contributed by atoms with E-state index in [1.807, 2.05) is 32.3 Å². The first-order valence-electron chi connectivity index (χ1n) is 11.3. The van der Waals surface area contributed by atoms with E-state index in [-0.39, 0.29) is 23.0 Å². The Kier molecular flexibility index (Phi) is 7.86. The Bertz CT molecular complexity index is 1220. The average Bonchev–Trinajstić information content (AvgIpc) is 3.16. The SMILES string of the molecule is CCN(C(=O)CCc1nc2cc(S(=O)(=O)N(CC)CC)ccc2n1CC)c1ccc(F)cc1. The molecule has 1 aromatic heterocycles. The number of hydrogen-bond donors (Lipinski definition) is 0. The van der Waals surface area contributed by atoms with Gasteiger partial charge in [0.1, 0.15) is 11.6 Å². The summed E-state index contributed by atoms with van der Waals surface area (Å²) in [6, 6.07) is 10.9. The predicted molar refractivity (Wildman–Crippen MR) is 128 cm³/mol. The lowest BCUT2D eigenvalue weighted by Crippen LogP contribution is -2.31. The summed E-state index contributed by atoms with van der Waals surface area (Å²) >= 11 is 0. The van der Waals surface area contributed by atoms with E-state index in [0.29, 0.717) is 43.8 Å². The highest BCUT2D eigenvalue weighted by Crippen LogP contribution is 2.24. The highest BCUT2D eigenvalue weighted by atomic mass is 32.2. The first kappa shape index (κ1) is 24.9. The number of imidazole rings is 1. The highest BCUT2D eigenvalue weighted by Gasteiger charge is 2.23. The Balaban J connectivity index is 1.85. The highest BCUT2D eigenvalue weighted by molar-refractivity contribution is 7.89. The van der Waals surface area contributed by atoms with E-state index < -0.39 is 10.0 Å². The molecule has 0 N–H and O–H groups in total. The predicted octanol–water partition coefficient (Wildman–Crippen LogP) is 4.21. The molecule has 0 spiro atoms. The van der Waals surface area contributed by atoms with E-state index in [9.17, 15) is 17.6 Å². The van der Waals surface area contributed by atoms with Gasteiger partial charge in [-0.15, -0.1) is 0 Å². The Morgan fingerprint density at radius 2 is 1.67 bits per heavy atom. The van der Waals surface area contributed by atoms with Crippen LogP contribution in [0.3, 0.4) is 0 Å². The minimum atomic E-state index is -3.58. The first-order chi connectivity index (χ1) is 15.8. The average molecular weight is 475 g/mol. The number of rotatable bonds is 10. The molecule has 3 aromatic rings. The van der Waals surface area contributed by atoms with E-state index >= 15 is 0 Å². The molecule has 0 fully saturated rings. The molecule has 0 aliphatic carbocycles. The summed E-state index contributed by atoms with van der Waals surface area (Å²) in [6.07, 6.45) is 0.649. The summed E-state index contributed by atoms with van der Waals surface area (Å²) in [5.74, 6) is 0.304. The van der Waals surface area contributed by atoms with Crippen molar-refractivity contribution in [3.05, 3.63) is 54.1 Å². The summed E-state index contributed by atoms with van der Waals surface area (Å²) in [4.78, 5) is 19.4. The molecule has 1 heterocycles. The summed E-state index contributed by atoms with van der Waals surface area (Å²) in [7, 11) is -3.58. The molecule has 33 heavy (non-hydrogen) atoms. The largest absolute Gasteiger partial charge is 0.328 e. The topological polar surface area (TPSA) is 75.5 Å². The molecule has 0 bridgehead atoms. The molecule has 0 aliphatic heterocycles. The molecule has 9 heteroatoms. The van der Waals surface area contributed by atoms with Crippen LogP contribution in [0.2, 0.25) is 0 Å². The van der Waals surface area contributed by atoms with E-state index in [0.717, 1.165) is 11.3 Å². The molecular formula is C24H31FN4O3S. The van der Waals surface area contributed by atoms with Gasteiger partial charge in [-0.3, -0.25) is 4.79 Å². The second-order valence-electron chi connectivity index (χ2n) is 7.63. The third-order valence-electron chi connectivity index (χ3n) is 5.78. The van der Waals surface area contributed by atoms with Crippen LogP contribution < -0.4 is 4.90 Å². The Morgan fingerprint density at radius 3 is 2.24 bits per heavy atom. The molecule has 2 aromatic carbocycles. The zero-order valence-corrected chi connectivity index (χ0v) is 20.4. The van der Waals surface area contributed by atoms with Crippen LogP contribution in [0.15, 0.2) is 47.4 Å². The van der Waals surface area contributed by atoms with Crippen LogP contribution >= 0.6 is 0 Å². The lowest BCUT2D eigenvalue weighted by Gasteiger charge is -2.21. The van der Waals surface area contributed by atoms with Crippen LogP contribution in [-0.2, 0) is 27.8 Å². The van der Waals surface area contributed by atoms with E-state index in [4.69, 9.17) is 0 Å². The summed E-state index contributed by atoms with van der Waals surface area (Å²) in [5, 5.41) is 0. The molecule has 178 valence electrons. The normalized spacial score (nSPS) is 11.9. The summed E-state index contributed by atoms with van der Waals surface area (Å²) in [5.41, 5.74) is 2.09. The van der Waals surface area contributed by atoms with Crippen LogP contribution in [0.4, 0.5) is 10.1 Å². The van der Waals surface area contributed by atoms with Gasteiger partial charge in [0.05, 0.1) is 15.9 Å². The lowest BCUT2D eigenvalue weighted by atomic mass is 10.2.